The Morgan fingerprint density at radius 3 is 2.62 bits per heavy atom. The van der Waals surface area contributed by atoms with Gasteiger partial charge in [-0.15, -0.1) is 0 Å². The number of hydrogen-bond acceptors (Lipinski definition) is 5. The second-order valence-electron chi connectivity index (χ2n) is 6.23. The number of nitrogens with two attached hydrogens (primary N) is 1. The number of benzene rings is 1. The normalized spacial score (nSPS) is 23.8. The van der Waals surface area contributed by atoms with Gasteiger partial charge in [0.2, 0.25) is 5.91 Å². The Bertz CT molecular complexity index is 818. The molecule has 24 heavy (non-hydrogen) atoms. The van der Waals surface area contributed by atoms with E-state index in [1.807, 2.05) is 0 Å². The average molecular weight is 372 g/mol. The van der Waals surface area contributed by atoms with Gasteiger partial charge in [0.1, 0.15) is 4.75 Å². The van der Waals surface area contributed by atoms with Crippen LogP contribution in [0.2, 0.25) is 5.02 Å². The number of carbonyl (C=O) groups excluding carboxylic acids is 2. The largest absolute Gasteiger partial charge is 0.388 e. The van der Waals surface area contributed by atoms with Crippen LogP contribution in [0.5, 0.6) is 0 Å². The molecule has 2 heterocycles. The van der Waals surface area contributed by atoms with E-state index in [0.717, 1.165) is 5.69 Å². The molecule has 3 rings (SSSR count). The standard InChI is InChI=1S/C15H18ClN3O4S/c1-18-9-2-3-12(16)10(6-9)14(21)19-7-15(8-19)11(13(17)20)4-5-24(15,22)23/h2-3,6,11,18H,4-5,7-8H2,1H3,(H2,17,20). The number of nitrogens with one attached hydrogen (secondary N) is 1. The third-order valence-corrected chi connectivity index (χ3v) is 7.85. The monoisotopic (exact) mass is 371 g/mol. The fraction of sp³-hybridized carbons (Fsp3) is 0.467. The Morgan fingerprint density at radius 2 is 2.04 bits per heavy atom. The van der Waals surface area contributed by atoms with Crippen molar-refractivity contribution in [2.24, 2.45) is 11.7 Å². The molecule has 1 unspecified atom stereocenters. The third-order valence-electron chi connectivity index (χ3n) is 4.96. The van der Waals surface area contributed by atoms with E-state index in [0.29, 0.717) is 10.6 Å². The van der Waals surface area contributed by atoms with E-state index in [1.54, 1.807) is 25.2 Å². The molecule has 0 saturated carbocycles. The van der Waals surface area contributed by atoms with E-state index in [1.165, 1.54) is 4.90 Å². The predicted molar refractivity (Wildman–Crippen MR) is 90.7 cm³/mol. The maximum Gasteiger partial charge on any atom is 0.255 e. The first-order valence-electron chi connectivity index (χ1n) is 7.50. The number of likely N-dealkylation sites (tertiary alicyclic amines) is 1. The van der Waals surface area contributed by atoms with Crippen molar-refractivity contribution in [3.63, 3.8) is 0 Å². The predicted octanol–water partition coefficient (Wildman–Crippen LogP) is 0.496. The van der Waals surface area contributed by atoms with Crippen molar-refractivity contribution in [3.05, 3.63) is 28.8 Å². The third kappa shape index (κ3) is 2.36. The summed E-state index contributed by atoms with van der Waals surface area (Å²) in [5.41, 5.74) is 6.38. The van der Waals surface area contributed by atoms with E-state index < -0.39 is 26.4 Å². The zero-order chi connectivity index (χ0) is 17.7. The smallest absolute Gasteiger partial charge is 0.255 e. The minimum atomic E-state index is -3.46. The number of hydrogen-bond donors (Lipinski definition) is 2. The van der Waals surface area contributed by atoms with Crippen LogP contribution in [0.15, 0.2) is 18.2 Å². The van der Waals surface area contributed by atoms with Crippen molar-refractivity contribution < 1.29 is 18.0 Å². The summed E-state index contributed by atoms with van der Waals surface area (Å²) in [5, 5.41) is 3.21. The Hall–Kier alpha value is -1.80. The van der Waals surface area contributed by atoms with Crippen LogP contribution in [0.1, 0.15) is 16.8 Å². The van der Waals surface area contributed by atoms with Gasteiger partial charge in [-0.25, -0.2) is 8.42 Å². The van der Waals surface area contributed by atoms with Crippen LogP contribution in [-0.2, 0) is 14.6 Å². The fourth-order valence-corrected chi connectivity index (χ4v) is 6.06. The highest BCUT2D eigenvalue weighted by Crippen LogP contribution is 2.45. The Balaban J connectivity index is 1.86. The van der Waals surface area contributed by atoms with E-state index in [2.05, 4.69) is 5.32 Å². The quantitative estimate of drug-likeness (QED) is 0.803. The minimum absolute atomic E-state index is 0.0259. The van der Waals surface area contributed by atoms with Crippen molar-refractivity contribution in [2.45, 2.75) is 11.2 Å². The summed E-state index contributed by atoms with van der Waals surface area (Å²) in [7, 11) is -1.73. The molecular weight excluding hydrogens is 354 g/mol. The first kappa shape index (κ1) is 17.0. The van der Waals surface area contributed by atoms with Crippen LogP contribution < -0.4 is 11.1 Å². The fourth-order valence-electron chi connectivity index (χ4n) is 3.53. The molecule has 7 nitrogen and oxygen atoms in total. The lowest BCUT2D eigenvalue weighted by Gasteiger charge is -2.49. The van der Waals surface area contributed by atoms with Crippen LogP contribution >= 0.6 is 11.6 Å². The molecule has 2 amide bonds. The number of carbonyl (C=O) groups is 2. The Kier molecular flexibility index (Phi) is 4.00. The summed E-state index contributed by atoms with van der Waals surface area (Å²) in [6, 6.07) is 4.96. The lowest BCUT2D eigenvalue weighted by Crippen LogP contribution is -2.69. The van der Waals surface area contributed by atoms with Gasteiger partial charge < -0.3 is 16.0 Å². The maximum atomic E-state index is 12.6. The van der Waals surface area contributed by atoms with Gasteiger partial charge in [-0.05, 0) is 24.6 Å². The molecule has 9 heteroatoms. The molecule has 1 aromatic rings. The number of halogens is 1. The van der Waals surface area contributed by atoms with Crippen molar-refractivity contribution in [1.29, 1.82) is 0 Å². The summed E-state index contributed by atoms with van der Waals surface area (Å²) in [6.45, 7) is -0.0518. The molecule has 1 atom stereocenters. The lowest BCUT2D eigenvalue weighted by molar-refractivity contribution is -0.124. The number of nitrogens with zero attached hydrogens (tertiary/aromatic N) is 1. The molecular formula is C15H18ClN3O4S. The van der Waals surface area contributed by atoms with Crippen molar-refractivity contribution in [1.82, 2.24) is 4.90 Å². The van der Waals surface area contributed by atoms with Gasteiger partial charge in [-0.3, -0.25) is 9.59 Å². The number of primary amides is 1. The van der Waals surface area contributed by atoms with Crippen LogP contribution in [0.25, 0.3) is 0 Å². The van der Waals surface area contributed by atoms with Crippen LogP contribution in [0.3, 0.4) is 0 Å². The van der Waals surface area contributed by atoms with Crippen LogP contribution in [-0.4, -0.2) is 55.8 Å². The molecule has 2 fully saturated rings. The molecule has 0 aliphatic carbocycles. The zero-order valence-electron chi connectivity index (χ0n) is 13.1. The second-order valence-corrected chi connectivity index (χ2v) is 9.09. The molecule has 0 bridgehead atoms. The summed E-state index contributed by atoms with van der Waals surface area (Å²) < 4.78 is 23.5. The molecule has 1 aromatic carbocycles. The number of anilines is 1. The van der Waals surface area contributed by atoms with Gasteiger partial charge in [-0.1, -0.05) is 11.6 Å². The minimum Gasteiger partial charge on any atom is -0.388 e. The summed E-state index contributed by atoms with van der Waals surface area (Å²) >= 11 is 6.09. The lowest BCUT2D eigenvalue weighted by atomic mass is 9.82. The summed E-state index contributed by atoms with van der Waals surface area (Å²) in [6.07, 6.45) is 0.218. The van der Waals surface area contributed by atoms with Crippen molar-refractivity contribution >= 4 is 38.9 Å². The average Bonchev–Trinajstić information content (AvgIpc) is 2.77. The topological polar surface area (TPSA) is 110 Å². The highest BCUT2D eigenvalue weighted by Gasteiger charge is 2.64. The number of sulfone groups is 1. The number of rotatable bonds is 3. The van der Waals surface area contributed by atoms with Crippen molar-refractivity contribution in [2.75, 3.05) is 31.2 Å². The van der Waals surface area contributed by atoms with Crippen LogP contribution in [0, 0.1) is 5.92 Å². The first-order chi connectivity index (χ1) is 11.2. The SMILES string of the molecule is CNc1ccc(Cl)c(C(=O)N2CC3(C2)C(C(N)=O)CCS3(=O)=O)c1. The highest BCUT2D eigenvalue weighted by molar-refractivity contribution is 7.93. The summed E-state index contributed by atoms with van der Waals surface area (Å²) in [5.74, 6) is -1.80. The first-order valence-corrected chi connectivity index (χ1v) is 9.53. The van der Waals surface area contributed by atoms with Gasteiger partial charge in [0.25, 0.3) is 5.91 Å². The molecule has 2 aliphatic heterocycles. The van der Waals surface area contributed by atoms with Gasteiger partial charge in [-0.2, -0.15) is 0 Å². The Labute approximate surface area is 145 Å². The van der Waals surface area contributed by atoms with Gasteiger partial charge in [0, 0.05) is 25.8 Å². The number of amides is 2. The van der Waals surface area contributed by atoms with Gasteiger partial charge in [0.15, 0.2) is 9.84 Å². The molecule has 0 aromatic heterocycles. The van der Waals surface area contributed by atoms with E-state index >= 15 is 0 Å². The molecule has 3 N–H and O–H groups in total. The molecule has 2 aliphatic rings. The zero-order valence-corrected chi connectivity index (χ0v) is 14.7. The maximum absolute atomic E-state index is 12.6. The Morgan fingerprint density at radius 1 is 1.38 bits per heavy atom. The van der Waals surface area contributed by atoms with Crippen LogP contribution in [0.4, 0.5) is 5.69 Å². The van der Waals surface area contributed by atoms with E-state index in [-0.39, 0.29) is 31.2 Å². The van der Waals surface area contributed by atoms with Gasteiger partial charge >= 0.3 is 0 Å². The highest BCUT2D eigenvalue weighted by atomic mass is 35.5. The second kappa shape index (κ2) is 5.63. The van der Waals surface area contributed by atoms with E-state index in [9.17, 15) is 18.0 Å². The molecule has 130 valence electrons. The summed E-state index contributed by atoms with van der Waals surface area (Å²) in [4.78, 5) is 25.7. The molecule has 1 spiro atoms. The van der Waals surface area contributed by atoms with E-state index in [4.69, 9.17) is 17.3 Å². The van der Waals surface area contributed by atoms with Crippen molar-refractivity contribution in [3.8, 4) is 0 Å². The molecule has 2 saturated heterocycles. The van der Waals surface area contributed by atoms with Gasteiger partial charge in [0.05, 0.1) is 22.3 Å². The molecule has 0 radical (unpaired) electrons.